The predicted octanol–water partition coefficient (Wildman–Crippen LogP) is 3.10. The number of rotatable bonds is 2. The second-order valence-corrected chi connectivity index (χ2v) is 6.39. The van der Waals surface area contributed by atoms with Crippen molar-refractivity contribution in [3.05, 3.63) is 35.0 Å². The van der Waals surface area contributed by atoms with Crippen LogP contribution in [0.25, 0.3) is 10.9 Å². The lowest BCUT2D eigenvalue weighted by Gasteiger charge is -2.24. The van der Waals surface area contributed by atoms with Crippen molar-refractivity contribution in [2.75, 3.05) is 0 Å². The SMILES string of the molecule is Cc1ccc2c3c(n(C)c2c1)CCC(NC1CC1)C3. The van der Waals surface area contributed by atoms with Gasteiger partial charge in [-0.3, -0.25) is 0 Å². The summed E-state index contributed by atoms with van der Waals surface area (Å²) in [6, 6.07) is 8.43. The third-order valence-electron chi connectivity index (χ3n) is 4.82. The van der Waals surface area contributed by atoms with Crippen molar-refractivity contribution in [1.29, 1.82) is 0 Å². The normalized spacial score (nSPS) is 22.7. The van der Waals surface area contributed by atoms with Crippen LogP contribution in [-0.4, -0.2) is 16.7 Å². The first-order valence-corrected chi connectivity index (χ1v) is 7.55. The van der Waals surface area contributed by atoms with Crippen molar-refractivity contribution in [2.45, 2.75) is 51.1 Å². The predicted molar refractivity (Wildman–Crippen MR) is 79.6 cm³/mol. The molecule has 1 atom stereocenters. The molecule has 1 aromatic heterocycles. The molecule has 1 heterocycles. The van der Waals surface area contributed by atoms with Gasteiger partial charge in [-0.15, -0.1) is 0 Å². The van der Waals surface area contributed by atoms with Crippen LogP contribution in [0.3, 0.4) is 0 Å². The van der Waals surface area contributed by atoms with Gasteiger partial charge in [0, 0.05) is 35.7 Å². The van der Waals surface area contributed by atoms with Gasteiger partial charge in [-0.1, -0.05) is 12.1 Å². The molecule has 1 aromatic carbocycles. The molecule has 1 fully saturated rings. The van der Waals surface area contributed by atoms with Crippen molar-refractivity contribution in [1.82, 2.24) is 9.88 Å². The highest BCUT2D eigenvalue weighted by Gasteiger charge is 2.29. The number of nitrogens with zero attached hydrogens (tertiary/aromatic N) is 1. The van der Waals surface area contributed by atoms with Gasteiger partial charge in [0.1, 0.15) is 0 Å². The van der Waals surface area contributed by atoms with Gasteiger partial charge in [0.15, 0.2) is 0 Å². The van der Waals surface area contributed by atoms with E-state index in [0.717, 1.165) is 6.04 Å². The second kappa shape index (κ2) is 4.11. The van der Waals surface area contributed by atoms with E-state index in [1.54, 1.807) is 11.3 Å². The van der Waals surface area contributed by atoms with Crippen LogP contribution >= 0.6 is 0 Å². The molecule has 0 aliphatic heterocycles. The molecule has 0 radical (unpaired) electrons. The molecule has 1 saturated carbocycles. The number of aromatic nitrogens is 1. The summed E-state index contributed by atoms with van der Waals surface area (Å²) in [6.45, 7) is 2.18. The van der Waals surface area contributed by atoms with Crippen LogP contribution in [0, 0.1) is 6.92 Å². The van der Waals surface area contributed by atoms with Crippen molar-refractivity contribution < 1.29 is 0 Å². The van der Waals surface area contributed by atoms with Crippen molar-refractivity contribution in [3.63, 3.8) is 0 Å². The van der Waals surface area contributed by atoms with Gasteiger partial charge in [-0.2, -0.15) is 0 Å². The Morgan fingerprint density at radius 2 is 2.00 bits per heavy atom. The van der Waals surface area contributed by atoms with Gasteiger partial charge in [0.2, 0.25) is 0 Å². The quantitative estimate of drug-likeness (QED) is 0.871. The lowest BCUT2D eigenvalue weighted by Crippen LogP contribution is -2.36. The van der Waals surface area contributed by atoms with E-state index < -0.39 is 0 Å². The molecule has 4 rings (SSSR count). The summed E-state index contributed by atoms with van der Waals surface area (Å²) < 4.78 is 2.42. The first-order chi connectivity index (χ1) is 9.22. The zero-order valence-electron chi connectivity index (χ0n) is 11.9. The average molecular weight is 254 g/mol. The molecule has 1 N–H and O–H groups in total. The molecule has 2 aliphatic carbocycles. The van der Waals surface area contributed by atoms with Gasteiger partial charge in [-0.05, 0) is 56.2 Å². The Balaban J connectivity index is 1.76. The standard InChI is InChI=1S/C17H22N2/c1-11-3-7-14-15-10-13(18-12-4-5-12)6-8-16(15)19(2)17(14)9-11/h3,7,9,12-13,18H,4-6,8,10H2,1-2H3. The van der Waals surface area contributed by atoms with Crippen LogP contribution < -0.4 is 5.32 Å². The number of hydrogen-bond acceptors (Lipinski definition) is 1. The minimum absolute atomic E-state index is 0.701. The highest BCUT2D eigenvalue weighted by atomic mass is 15.0. The van der Waals surface area contributed by atoms with Crippen molar-refractivity contribution in [2.24, 2.45) is 7.05 Å². The summed E-state index contributed by atoms with van der Waals surface area (Å²) in [7, 11) is 2.23. The Morgan fingerprint density at radius 1 is 1.16 bits per heavy atom. The number of hydrogen-bond donors (Lipinski definition) is 1. The number of fused-ring (bicyclic) bond motifs is 3. The third kappa shape index (κ3) is 1.90. The summed E-state index contributed by atoms with van der Waals surface area (Å²) in [5.74, 6) is 0. The maximum Gasteiger partial charge on any atom is 0.0485 e. The molecule has 100 valence electrons. The molecule has 2 aliphatic rings. The Bertz CT molecular complexity index is 634. The summed E-state index contributed by atoms with van der Waals surface area (Å²) in [5.41, 5.74) is 5.94. The van der Waals surface area contributed by atoms with Crippen molar-refractivity contribution >= 4 is 10.9 Å². The minimum atomic E-state index is 0.701. The van der Waals surface area contributed by atoms with Crippen LogP contribution in [-0.2, 0) is 19.9 Å². The first-order valence-electron chi connectivity index (χ1n) is 7.55. The maximum atomic E-state index is 3.81. The molecule has 19 heavy (non-hydrogen) atoms. The van der Waals surface area contributed by atoms with Crippen LogP contribution in [0.1, 0.15) is 36.1 Å². The van der Waals surface area contributed by atoms with Crippen LogP contribution in [0.4, 0.5) is 0 Å². The lowest BCUT2D eigenvalue weighted by molar-refractivity contribution is 0.450. The number of aryl methyl sites for hydroxylation is 2. The van der Waals surface area contributed by atoms with E-state index >= 15 is 0 Å². The van der Waals surface area contributed by atoms with Gasteiger partial charge < -0.3 is 9.88 Å². The van der Waals surface area contributed by atoms with E-state index in [-0.39, 0.29) is 0 Å². The monoisotopic (exact) mass is 254 g/mol. The number of benzene rings is 1. The average Bonchev–Trinajstić information content (AvgIpc) is 3.17. The molecule has 0 amide bonds. The second-order valence-electron chi connectivity index (χ2n) is 6.39. The van der Waals surface area contributed by atoms with E-state index in [4.69, 9.17) is 0 Å². The lowest BCUT2D eigenvalue weighted by atomic mass is 9.91. The van der Waals surface area contributed by atoms with Gasteiger partial charge in [0.25, 0.3) is 0 Å². The molecule has 2 heteroatoms. The Morgan fingerprint density at radius 3 is 2.79 bits per heavy atom. The van der Waals surface area contributed by atoms with Crippen LogP contribution in [0.5, 0.6) is 0 Å². The minimum Gasteiger partial charge on any atom is -0.347 e. The molecule has 2 aromatic rings. The van der Waals surface area contributed by atoms with E-state index in [9.17, 15) is 0 Å². The molecule has 0 bridgehead atoms. The Kier molecular flexibility index (Phi) is 2.49. The highest BCUT2D eigenvalue weighted by Crippen LogP contribution is 2.33. The molecule has 0 spiro atoms. The molecule has 0 saturated heterocycles. The highest BCUT2D eigenvalue weighted by molar-refractivity contribution is 5.86. The molecule has 2 nitrogen and oxygen atoms in total. The zero-order valence-corrected chi connectivity index (χ0v) is 11.9. The van der Waals surface area contributed by atoms with Crippen LogP contribution in [0.2, 0.25) is 0 Å². The van der Waals surface area contributed by atoms with Crippen molar-refractivity contribution in [3.8, 4) is 0 Å². The molecular formula is C17H22N2. The number of nitrogens with one attached hydrogen (secondary N) is 1. The Hall–Kier alpha value is -1.28. The zero-order chi connectivity index (χ0) is 13.0. The van der Waals surface area contributed by atoms with Gasteiger partial charge in [0.05, 0.1) is 0 Å². The van der Waals surface area contributed by atoms with Crippen LogP contribution in [0.15, 0.2) is 18.2 Å². The van der Waals surface area contributed by atoms with E-state index in [1.807, 2.05) is 0 Å². The fourth-order valence-electron chi connectivity index (χ4n) is 3.61. The Labute approximate surface area is 114 Å². The van der Waals surface area contributed by atoms with E-state index in [1.165, 1.54) is 48.6 Å². The summed E-state index contributed by atoms with van der Waals surface area (Å²) in [5, 5.41) is 5.29. The fraction of sp³-hybridized carbons (Fsp3) is 0.529. The summed E-state index contributed by atoms with van der Waals surface area (Å²) in [4.78, 5) is 0. The third-order valence-corrected chi connectivity index (χ3v) is 4.82. The topological polar surface area (TPSA) is 17.0 Å². The fourth-order valence-corrected chi connectivity index (χ4v) is 3.61. The van der Waals surface area contributed by atoms with E-state index in [0.29, 0.717) is 6.04 Å². The summed E-state index contributed by atoms with van der Waals surface area (Å²) >= 11 is 0. The summed E-state index contributed by atoms with van der Waals surface area (Å²) in [6.07, 6.45) is 6.51. The molecular weight excluding hydrogens is 232 g/mol. The van der Waals surface area contributed by atoms with E-state index in [2.05, 4.69) is 42.1 Å². The van der Waals surface area contributed by atoms with Gasteiger partial charge >= 0.3 is 0 Å². The first kappa shape index (κ1) is 11.5. The van der Waals surface area contributed by atoms with Gasteiger partial charge in [-0.25, -0.2) is 0 Å². The maximum absolute atomic E-state index is 3.81. The molecule has 1 unspecified atom stereocenters. The smallest absolute Gasteiger partial charge is 0.0485 e. The largest absolute Gasteiger partial charge is 0.347 e.